The molecule has 2 atom stereocenters. The Morgan fingerprint density at radius 1 is 1.13 bits per heavy atom. The molecule has 0 unspecified atom stereocenters. The Labute approximate surface area is 232 Å². The van der Waals surface area contributed by atoms with Crippen LogP contribution in [-0.2, 0) is 19.6 Å². The van der Waals surface area contributed by atoms with Crippen molar-refractivity contribution in [3.8, 4) is 0 Å². The van der Waals surface area contributed by atoms with Gasteiger partial charge in [0.1, 0.15) is 11.4 Å². The summed E-state index contributed by atoms with van der Waals surface area (Å²) in [6, 6.07) is 7.69. The van der Waals surface area contributed by atoms with Crippen molar-refractivity contribution in [2.24, 2.45) is 0 Å². The van der Waals surface area contributed by atoms with Crippen LogP contribution in [0.5, 0.6) is 0 Å². The number of aryl methyl sites for hydroxylation is 1. The first-order valence-electron chi connectivity index (χ1n) is 12.6. The first-order chi connectivity index (χ1) is 18.2. The number of aromatic nitrogens is 3. The number of carbonyl (C=O) groups is 2. The predicted octanol–water partition coefficient (Wildman–Crippen LogP) is 3.95. The quantitative estimate of drug-likeness (QED) is 0.421. The van der Waals surface area contributed by atoms with Crippen molar-refractivity contribution >= 4 is 50.5 Å². The number of piperidine rings is 1. The number of nitrogens with one attached hydrogen (secondary N) is 2. The number of amides is 2. The number of fused-ring (bicyclic) bond motifs is 1. The van der Waals surface area contributed by atoms with Crippen molar-refractivity contribution in [1.82, 2.24) is 24.2 Å². The molecule has 3 aromatic rings. The third-order valence-electron chi connectivity index (χ3n) is 6.32. The van der Waals surface area contributed by atoms with Gasteiger partial charge in [-0.25, -0.2) is 22.2 Å². The number of hydrogen-bond acceptors (Lipinski definition) is 8. The number of carbonyl (C=O) groups excluding carboxylic acids is 2. The van der Waals surface area contributed by atoms with Gasteiger partial charge in [0.25, 0.3) is 10.0 Å². The molecule has 210 valence electrons. The van der Waals surface area contributed by atoms with Crippen LogP contribution in [0.2, 0.25) is 5.28 Å². The molecule has 0 bridgehead atoms. The van der Waals surface area contributed by atoms with Crippen molar-refractivity contribution in [2.45, 2.75) is 70.0 Å². The van der Waals surface area contributed by atoms with E-state index in [0.717, 1.165) is 9.54 Å². The fraction of sp³-hybridized carbons (Fsp3) is 0.462. The molecule has 4 rings (SSSR count). The Morgan fingerprint density at radius 2 is 1.82 bits per heavy atom. The van der Waals surface area contributed by atoms with Crippen LogP contribution >= 0.6 is 11.6 Å². The van der Waals surface area contributed by atoms with Crippen molar-refractivity contribution in [3.05, 3.63) is 47.4 Å². The summed E-state index contributed by atoms with van der Waals surface area (Å²) in [7, 11) is -3.93. The first kappa shape index (κ1) is 28.6. The molecule has 13 heteroatoms. The number of benzene rings is 1. The molecule has 0 saturated carbocycles. The zero-order valence-corrected chi connectivity index (χ0v) is 24.1. The summed E-state index contributed by atoms with van der Waals surface area (Å²) in [5.74, 6) is 0.180. The lowest BCUT2D eigenvalue weighted by Crippen LogP contribution is -2.55. The van der Waals surface area contributed by atoms with Gasteiger partial charge in [0.05, 0.1) is 16.3 Å². The van der Waals surface area contributed by atoms with E-state index in [9.17, 15) is 18.0 Å². The largest absolute Gasteiger partial charge is 0.444 e. The summed E-state index contributed by atoms with van der Waals surface area (Å²) in [5.41, 5.74) is 0.394. The van der Waals surface area contributed by atoms with Gasteiger partial charge in [-0.15, -0.1) is 0 Å². The van der Waals surface area contributed by atoms with Crippen LogP contribution < -0.4 is 10.6 Å². The van der Waals surface area contributed by atoms with Crippen molar-refractivity contribution < 1.29 is 22.7 Å². The van der Waals surface area contributed by atoms with E-state index in [1.807, 2.05) is 6.92 Å². The summed E-state index contributed by atoms with van der Waals surface area (Å²) in [4.78, 5) is 34.8. The number of anilines is 1. The molecule has 39 heavy (non-hydrogen) atoms. The Bertz CT molecular complexity index is 1480. The maximum absolute atomic E-state index is 13.4. The minimum atomic E-state index is -3.93. The van der Waals surface area contributed by atoms with Gasteiger partial charge < -0.3 is 20.3 Å². The highest BCUT2D eigenvalue weighted by Crippen LogP contribution is 2.29. The SMILES string of the molecule is CC(=O)NC[C@H]1CC[C@@H](Nc2nc(Cl)nc3c2ccn3S(=O)(=O)c2ccc(C)cc2)CN1C(=O)OC(C)(C)C. The molecule has 2 N–H and O–H groups in total. The summed E-state index contributed by atoms with van der Waals surface area (Å²) in [6.45, 7) is 9.28. The third-order valence-corrected chi connectivity index (χ3v) is 8.17. The molecule has 11 nitrogen and oxygen atoms in total. The average molecular weight is 577 g/mol. The fourth-order valence-electron chi connectivity index (χ4n) is 4.45. The molecule has 0 radical (unpaired) electrons. The highest BCUT2D eigenvalue weighted by molar-refractivity contribution is 7.90. The second kappa shape index (κ2) is 11.0. The van der Waals surface area contributed by atoms with Crippen molar-refractivity contribution in [2.75, 3.05) is 18.4 Å². The molecule has 1 aliphatic heterocycles. The monoisotopic (exact) mass is 576 g/mol. The van der Waals surface area contributed by atoms with Gasteiger partial charge in [0.15, 0.2) is 5.65 Å². The van der Waals surface area contributed by atoms with Gasteiger partial charge >= 0.3 is 6.09 Å². The van der Waals surface area contributed by atoms with Crippen LogP contribution in [0.3, 0.4) is 0 Å². The van der Waals surface area contributed by atoms with E-state index in [1.165, 1.54) is 13.1 Å². The Kier molecular flexibility index (Phi) is 8.08. The summed E-state index contributed by atoms with van der Waals surface area (Å²) < 4.78 is 33.4. The summed E-state index contributed by atoms with van der Waals surface area (Å²) in [5, 5.41) is 6.47. The Balaban J connectivity index is 1.62. The molecule has 1 aliphatic rings. The van der Waals surface area contributed by atoms with Crippen LogP contribution in [0.25, 0.3) is 11.0 Å². The van der Waals surface area contributed by atoms with Crippen LogP contribution in [0.4, 0.5) is 10.6 Å². The zero-order valence-electron chi connectivity index (χ0n) is 22.6. The van der Waals surface area contributed by atoms with E-state index >= 15 is 0 Å². The normalized spacial score (nSPS) is 18.2. The number of ether oxygens (including phenoxy) is 1. The highest BCUT2D eigenvalue weighted by atomic mass is 35.5. The van der Waals surface area contributed by atoms with Gasteiger partial charge in [-0.1, -0.05) is 17.7 Å². The molecule has 2 aromatic heterocycles. The maximum Gasteiger partial charge on any atom is 0.410 e. The number of hydrogen-bond donors (Lipinski definition) is 2. The van der Waals surface area contributed by atoms with E-state index in [0.29, 0.717) is 30.6 Å². The van der Waals surface area contributed by atoms with Crippen LogP contribution in [-0.4, -0.2) is 70.0 Å². The predicted molar refractivity (Wildman–Crippen MR) is 148 cm³/mol. The van der Waals surface area contributed by atoms with Gasteiger partial charge in [0, 0.05) is 32.3 Å². The highest BCUT2D eigenvalue weighted by Gasteiger charge is 2.35. The standard InChI is InChI=1S/C26H33ClN6O5S/c1-16-6-10-20(11-7-16)39(36,37)33-13-12-21-22(30-24(27)31-23(21)33)29-18-8-9-19(14-28-17(2)34)32(15-18)25(35)38-26(3,4)5/h6-7,10-13,18-19H,8-9,14-15H2,1-5H3,(H,28,34)(H,29,30,31)/t18-,19-/m1/s1. The minimum Gasteiger partial charge on any atom is -0.444 e. The first-order valence-corrected chi connectivity index (χ1v) is 14.4. The lowest BCUT2D eigenvalue weighted by molar-refractivity contribution is -0.119. The van der Waals surface area contributed by atoms with Crippen LogP contribution in [0.1, 0.15) is 46.1 Å². The second-order valence-corrected chi connectivity index (χ2v) is 12.8. The summed E-state index contributed by atoms with van der Waals surface area (Å²) in [6.07, 6.45) is 2.20. The second-order valence-electron chi connectivity index (χ2n) is 10.7. The Morgan fingerprint density at radius 3 is 2.46 bits per heavy atom. The smallest absolute Gasteiger partial charge is 0.410 e. The number of halogens is 1. The molecule has 1 fully saturated rings. The number of rotatable bonds is 6. The van der Waals surface area contributed by atoms with E-state index in [-0.39, 0.29) is 40.4 Å². The maximum atomic E-state index is 13.4. The molecule has 2 amide bonds. The van der Waals surface area contributed by atoms with Gasteiger partial charge in [-0.2, -0.15) is 4.98 Å². The Hall–Kier alpha value is -3.38. The van der Waals surface area contributed by atoms with Crippen LogP contribution in [0, 0.1) is 6.92 Å². The molecule has 1 aromatic carbocycles. The van der Waals surface area contributed by atoms with Gasteiger partial charge in [-0.3, -0.25) is 4.79 Å². The van der Waals surface area contributed by atoms with Gasteiger partial charge in [0.2, 0.25) is 11.2 Å². The fourth-order valence-corrected chi connectivity index (χ4v) is 5.91. The average Bonchev–Trinajstić information content (AvgIpc) is 3.27. The lowest BCUT2D eigenvalue weighted by Gasteiger charge is -2.40. The molecular formula is C26H33ClN6O5S. The van der Waals surface area contributed by atoms with E-state index in [2.05, 4.69) is 20.6 Å². The lowest BCUT2D eigenvalue weighted by atomic mass is 9.98. The number of nitrogens with zero attached hydrogens (tertiary/aromatic N) is 4. The van der Waals surface area contributed by atoms with E-state index < -0.39 is 21.7 Å². The van der Waals surface area contributed by atoms with Crippen molar-refractivity contribution in [3.63, 3.8) is 0 Å². The van der Waals surface area contributed by atoms with Crippen LogP contribution in [0.15, 0.2) is 41.4 Å². The van der Waals surface area contributed by atoms with E-state index in [4.69, 9.17) is 16.3 Å². The third kappa shape index (κ3) is 6.62. The van der Waals surface area contributed by atoms with E-state index in [1.54, 1.807) is 56.0 Å². The molecule has 0 aliphatic carbocycles. The molecular weight excluding hydrogens is 544 g/mol. The summed E-state index contributed by atoms with van der Waals surface area (Å²) >= 11 is 6.24. The van der Waals surface area contributed by atoms with Gasteiger partial charge in [-0.05, 0) is 70.3 Å². The molecule has 0 spiro atoms. The van der Waals surface area contributed by atoms with Crippen molar-refractivity contribution in [1.29, 1.82) is 0 Å². The molecule has 1 saturated heterocycles. The number of likely N-dealkylation sites (tertiary alicyclic amines) is 1. The molecule has 3 heterocycles. The minimum absolute atomic E-state index is 0.118. The zero-order chi connectivity index (χ0) is 28.5. The topological polar surface area (TPSA) is 136 Å².